The molecule has 0 bridgehead atoms. The third kappa shape index (κ3) is 3.33. The summed E-state index contributed by atoms with van der Waals surface area (Å²) in [5.41, 5.74) is 1.60. The van der Waals surface area contributed by atoms with Gasteiger partial charge in [-0.15, -0.1) is 0 Å². The van der Waals surface area contributed by atoms with Crippen LogP contribution < -0.4 is 10.6 Å². The van der Waals surface area contributed by atoms with Crippen molar-refractivity contribution in [3.8, 4) is 0 Å². The van der Waals surface area contributed by atoms with Crippen molar-refractivity contribution in [2.45, 2.75) is 44.6 Å². The highest BCUT2D eigenvalue weighted by Crippen LogP contribution is 2.36. The van der Waals surface area contributed by atoms with E-state index in [1.54, 1.807) is 12.1 Å². The van der Waals surface area contributed by atoms with Gasteiger partial charge >= 0.3 is 5.97 Å². The van der Waals surface area contributed by atoms with E-state index >= 15 is 0 Å². The first-order valence-electron chi connectivity index (χ1n) is 9.52. The largest absolute Gasteiger partial charge is 0.477 e. The molecule has 1 aromatic heterocycles. The minimum absolute atomic E-state index is 0.0198. The standard InChI is InChI=1S/C20H25N3O3/c24-19(18-15(8-9-21-18)12-4-2-1-3-5-12)22-14-6-7-16-13(10-14)11-17(23-16)20(25)26/h6-7,10-12,15,18,21,23H,1-5,8-9H2,(H,22,24)(H,25,26)/t15-,18-/m0/s1. The molecule has 1 saturated heterocycles. The van der Waals surface area contributed by atoms with Crippen LogP contribution in [0.2, 0.25) is 0 Å². The number of anilines is 1. The molecule has 2 fully saturated rings. The van der Waals surface area contributed by atoms with Crippen LogP contribution in [0.1, 0.15) is 49.0 Å². The van der Waals surface area contributed by atoms with Gasteiger partial charge in [-0.2, -0.15) is 0 Å². The second kappa shape index (κ2) is 7.11. The highest BCUT2D eigenvalue weighted by Gasteiger charge is 2.38. The number of H-pyrrole nitrogens is 1. The molecule has 1 aliphatic carbocycles. The quantitative estimate of drug-likeness (QED) is 0.676. The van der Waals surface area contributed by atoms with Crippen LogP contribution in [-0.2, 0) is 4.79 Å². The van der Waals surface area contributed by atoms with Gasteiger partial charge in [-0.25, -0.2) is 4.79 Å². The van der Waals surface area contributed by atoms with Gasteiger partial charge in [-0.1, -0.05) is 32.1 Å². The van der Waals surface area contributed by atoms with Gasteiger partial charge in [-0.3, -0.25) is 4.79 Å². The van der Waals surface area contributed by atoms with E-state index in [0.717, 1.165) is 23.9 Å². The zero-order chi connectivity index (χ0) is 18.1. The fourth-order valence-corrected chi connectivity index (χ4v) is 4.63. The summed E-state index contributed by atoms with van der Waals surface area (Å²) < 4.78 is 0. The first-order chi connectivity index (χ1) is 12.6. The van der Waals surface area contributed by atoms with Crippen molar-refractivity contribution in [2.75, 3.05) is 11.9 Å². The summed E-state index contributed by atoms with van der Waals surface area (Å²) in [6.45, 7) is 0.901. The summed E-state index contributed by atoms with van der Waals surface area (Å²) in [7, 11) is 0. The number of hydrogen-bond acceptors (Lipinski definition) is 3. The van der Waals surface area contributed by atoms with Crippen LogP contribution in [0.25, 0.3) is 10.9 Å². The average Bonchev–Trinajstić information content (AvgIpc) is 3.29. The smallest absolute Gasteiger partial charge is 0.352 e. The van der Waals surface area contributed by atoms with Crippen molar-refractivity contribution in [1.29, 1.82) is 0 Å². The lowest BCUT2D eigenvalue weighted by Crippen LogP contribution is -2.42. The number of aromatic amines is 1. The van der Waals surface area contributed by atoms with Crippen LogP contribution in [0, 0.1) is 11.8 Å². The Hall–Kier alpha value is -2.34. The van der Waals surface area contributed by atoms with Crippen LogP contribution in [0.4, 0.5) is 5.69 Å². The number of carbonyl (C=O) groups is 2. The molecule has 6 heteroatoms. The summed E-state index contributed by atoms with van der Waals surface area (Å²) in [5, 5.41) is 16.3. The molecule has 4 N–H and O–H groups in total. The van der Waals surface area contributed by atoms with Gasteiger partial charge < -0.3 is 20.7 Å². The molecule has 138 valence electrons. The molecular weight excluding hydrogens is 330 g/mol. The maximum atomic E-state index is 12.8. The maximum absolute atomic E-state index is 12.8. The van der Waals surface area contributed by atoms with Crippen molar-refractivity contribution in [1.82, 2.24) is 10.3 Å². The number of aromatic carboxylic acids is 1. The lowest BCUT2D eigenvalue weighted by molar-refractivity contribution is -0.119. The maximum Gasteiger partial charge on any atom is 0.352 e. The molecule has 2 aliphatic rings. The van der Waals surface area contributed by atoms with Crippen LogP contribution in [0.5, 0.6) is 0 Å². The third-order valence-corrected chi connectivity index (χ3v) is 5.93. The number of hydrogen-bond donors (Lipinski definition) is 4. The zero-order valence-corrected chi connectivity index (χ0v) is 14.8. The Balaban J connectivity index is 1.48. The molecule has 2 heterocycles. The molecule has 0 unspecified atom stereocenters. The summed E-state index contributed by atoms with van der Waals surface area (Å²) in [6.07, 6.45) is 7.44. The van der Waals surface area contributed by atoms with Crippen LogP contribution in [0.3, 0.4) is 0 Å². The molecule has 4 rings (SSSR count). The number of aromatic nitrogens is 1. The van der Waals surface area contributed by atoms with E-state index in [1.165, 1.54) is 32.1 Å². The van der Waals surface area contributed by atoms with E-state index < -0.39 is 5.97 Å². The number of fused-ring (bicyclic) bond motifs is 1. The second-order valence-corrected chi connectivity index (χ2v) is 7.56. The summed E-state index contributed by atoms with van der Waals surface area (Å²) in [6, 6.07) is 6.90. The van der Waals surface area contributed by atoms with E-state index in [9.17, 15) is 9.59 Å². The van der Waals surface area contributed by atoms with Crippen molar-refractivity contribution in [2.24, 2.45) is 11.8 Å². The molecule has 2 atom stereocenters. The molecule has 26 heavy (non-hydrogen) atoms. The summed E-state index contributed by atoms with van der Waals surface area (Å²) in [5.74, 6) is 0.105. The topological polar surface area (TPSA) is 94.2 Å². The molecule has 1 aromatic carbocycles. The highest BCUT2D eigenvalue weighted by molar-refractivity contribution is 5.99. The molecule has 0 radical (unpaired) electrons. The molecule has 1 saturated carbocycles. The van der Waals surface area contributed by atoms with Crippen LogP contribution in [-0.4, -0.2) is 34.6 Å². The van der Waals surface area contributed by atoms with E-state index in [0.29, 0.717) is 17.5 Å². The Morgan fingerprint density at radius 2 is 1.88 bits per heavy atom. The van der Waals surface area contributed by atoms with Crippen LogP contribution >= 0.6 is 0 Å². The Morgan fingerprint density at radius 3 is 2.65 bits per heavy atom. The molecule has 6 nitrogen and oxygen atoms in total. The lowest BCUT2D eigenvalue weighted by Gasteiger charge is -2.30. The van der Waals surface area contributed by atoms with Gasteiger partial charge in [-0.05, 0) is 49.1 Å². The molecule has 0 spiro atoms. The van der Waals surface area contributed by atoms with Crippen molar-refractivity contribution < 1.29 is 14.7 Å². The fourth-order valence-electron chi connectivity index (χ4n) is 4.63. The summed E-state index contributed by atoms with van der Waals surface area (Å²) in [4.78, 5) is 26.8. The predicted octanol–water partition coefficient (Wildman–Crippen LogP) is 3.36. The van der Waals surface area contributed by atoms with Crippen molar-refractivity contribution in [3.63, 3.8) is 0 Å². The van der Waals surface area contributed by atoms with Gasteiger partial charge in [0.2, 0.25) is 5.91 Å². The molecule has 1 amide bonds. The highest BCUT2D eigenvalue weighted by atomic mass is 16.4. The van der Waals surface area contributed by atoms with Crippen molar-refractivity contribution >= 4 is 28.5 Å². The van der Waals surface area contributed by atoms with E-state index in [2.05, 4.69) is 15.6 Å². The normalized spacial score (nSPS) is 24.0. The SMILES string of the molecule is O=C(O)c1cc2cc(NC(=O)[C@H]3NCC[C@H]3C3CCCCC3)ccc2[nH]1. The Kier molecular flexibility index (Phi) is 4.68. The van der Waals surface area contributed by atoms with Gasteiger partial charge in [0.1, 0.15) is 5.69 Å². The third-order valence-electron chi connectivity index (χ3n) is 5.93. The Labute approximate surface area is 152 Å². The average molecular weight is 355 g/mol. The van der Waals surface area contributed by atoms with E-state index in [4.69, 9.17) is 5.11 Å². The van der Waals surface area contributed by atoms with Crippen molar-refractivity contribution in [3.05, 3.63) is 30.0 Å². The number of carbonyl (C=O) groups excluding carboxylic acids is 1. The number of carboxylic acids is 1. The number of carboxylic acid groups (broad SMARTS) is 1. The van der Waals surface area contributed by atoms with Gasteiger partial charge in [0, 0.05) is 16.6 Å². The van der Waals surface area contributed by atoms with E-state index in [-0.39, 0.29) is 17.6 Å². The molecule has 2 aromatic rings. The predicted molar refractivity (Wildman–Crippen MR) is 100 cm³/mol. The molecule has 1 aliphatic heterocycles. The monoisotopic (exact) mass is 355 g/mol. The van der Waals surface area contributed by atoms with Gasteiger partial charge in [0.15, 0.2) is 0 Å². The second-order valence-electron chi connectivity index (χ2n) is 7.56. The fraction of sp³-hybridized carbons (Fsp3) is 0.500. The van der Waals surface area contributed by atoms with E-state index in [1.807, 2.05) is 12.1 Å². The first-order valence-corrected chi connectivity index (χ1v) is 9.52. The Morgan fingerprint density at radius 1 is 1.08 bits per heavy atom. The first kappa shape index (κ1) is 17.1. The summed E-state index contributed by atoms with van der Waals surface area (Å²) >= 11 is 0. The number of rotatable bonds is 4. The number of benzene rings is 1. The van der Waals surface area contributed by atoms with Crippen LogP contribution in [0.15, 0.2) is 24.3 Å². The molecular formula is C20H25N3O3. The zero-order valence-electron chi connectivity index (χ0n) is 14.8. The lowest BCUT2D eigenvalue weighted by atomic mass is 9.76. The Bertz CT molecular complexity index is 823. The minimum Gasteiger partial charge on any atom is -0.477 e. The van der Waals surface area contributed by atoms with Gasteiger partial charge in [0.25, 0.3) is 0 Å². The number of amides is 1. The van der Waals surface area contributed by atoms with Gasteiger partial charge in [0.05, 0.1) is 6.04 Å². The minimum atomic E-state index is -0.989. The number of nitrogens with one attached hydrogen (secondary N) is 3.